The second-order valence-electron chi connectivity index (χ2n) is 1.79. The van der Waals surface area contributed by atoms with E-state index in [1.165, 1.54) is 0 Å². The van der Waals surface area contributed by atoms with Crippen LogP contribution in [0.4, 0.5) is 0 Å². The third kappa shape index (κ3) is 0.757. The van der Waals surface area contributed by atoms with Crippen molar-refractivity contribution in [1.82, 2.24) is 4.90 Å². The fourth-order valence-corrected chi connectivity index (χ4v) is 0.732. The molecule has 0 aliphatic carbocycles. The van der Waals surface area contributed by atoms with Gasteiger partial charge in [0.2, 0.25) is 0 Å². The summed E-state index contributed by atoms with van der Waals surface area (Å²) in [4.78, 5) is 6.04. The number of nitrogens with zero attached hydrogens (tertiary/aromatic N) is 2. The van der Waals surface area contributed by atoms with Crippen LogP contribution in [0.15, 0.2) is 4.99 Å². The van der Waals surface area contributed by atoms with Crippen LogP contribution in [-0.4, -0.2) is 38.2 Å². The van der Waals surface area contributed by atoms with E-state index in [4.69, 9.17) is 4.74 Å². The van der Waals surface area contributed by atoms with Crippen molar-refractivity contribution in [3.8, 4) is 0 Å². The summed E-state index contributed by atoms with van der Waals surface area (Å²) in [5.41, 5.74) is 0. The Labute approximate surface area is 49.0 Å². The van der Waals surface area contributed by atoms with E-state index in [0.717, 1.165) is 19.1 Å². The maximum Gasteiger partial charge on any atom is 0.286 e. The standard InChI is InChI=1S/C5H10N2O/c1-7-4-3-6-5(7)8-2/h3-4H2,1-2H3. The molecule has 1 aliphatic heterocycles. The van der Waals surface area contributed by atoms with Crippen LogP contribution < -0.4 is 0 Å². The predicted molar refractivity (Wildman–Crippen MR) is 31.9 cm³/mol. The van der Waals surface area contributed by atoms with Gasteiger partial charge in [-0.3, -0.25) is 0 Å². The third-order valence-electron chi connectivity index (χ3n) is 1.19. The molecular weight excluding hydrogens is 104 g/mol. The van der Waals surface area contributed by atoms with Gasteiger partial charge in [0.25, 0.3) is 6.02 Å². The zero-order valence-corrected chi connectivity index (χ0v) is 5.22. The average Bonchev–Trinajstić information content (AvgIpc) is 2.14. The van der Waals surface area contributed by atoms with Gasteiger partial charge >= 0.3 is 0 Å². The Morgan fingerprint density at radius 2 is 2.50 bits per heavy atom. The summed E-state index contributed by atoms with van der Waals surface area (Å²) in [6, 6.07) is 0.755. The lowest BCUT2D eigenvalue weighted by atomic mass is 10.6. The van der Waals surface area contributed by atoms with Gasteiger partial charge in [-0.2, -0.15) is 0 Å². The summed E-state index contributed by atoms with van der Waals surface area (Å²) in [5.74, 6) is 0. The molecule has 0 N–H and O–H groups in total. The van der Waals surface area contributed by atoms with Gasteiger partial charge in [0.05, 0.1) is 13.7 Å². The number of rotatable bonds is 0. The highest BCUT2D eigenvalue weighted by Crippen LogP contribution is 1.96. The van der Waals surface area contributed by atoms with Crippen molar-refractivity contribution < 1.29 is 4.74 Å². The normalized spacial score (nSPS) is 18.8. The highest BCUT2D eigenvalue weighted by molar-refractivity contribution is 5.74. The summed E-state index contributed by atoms with van der Waals surface area (Å²) in [7, 11) is 3.61. The van der Waals surface area contributed by atoms with Gasteiger partial charge in [-0.15, -0.1) is 0 Å². The molecule has 0 spiro atoms. The van der Waals surface area contributed by atoms with E-state index in [1.807, 2.05) is 11.9 Å². The van der Waals surface area contributed by atoms with Crippen LogP contribution in [0.5, 0.6) is 0 Å². The lowest BCUT2D eigenvalue weighted by Crippen LogP contribution is -2.23. The minimum absolute atomic E-state index is 0.755. The Hall–Kier alpha value is -0.730. The van der Waals surface area contributed by atoms with Crippen molar-refractivity contribution in [2.75, 3.05) is 27.2 Å². The van der Waals surface area contributed by atoms with E-state index in [2.05, 4.69) is 4.99 Å². The van der Waals surface area contributed by atoms with Crippen molar-refractivity contribution in [2.24, 2.45) is 4.99 Å². The third-order valence-corrected chi connectivity index (χ3v) is 1.19. The zero-order chi connectivity index (χ0) is 5.98. The Morgan fingerprint density at radius 3 is 2.75 bits per heavy atom. The van der Waals surface area contributed by atoms with E-state index >= 15 is 0 Å². The molecule has 3 nitrogen and oxygen atoms in total. The van der Waals surface area contributed by atoms with Gasteiger partial charge in [0, 0.05) is 13.6 Å². The summed E-state index contributed by atoms with van der Waals surface area (Å²) >= 11 is 0. The number of likely N-dealkylation sites (N-methyl/N-ethyl adjacent to an activating group) is 1. The largest absolute Gasteiger partial charge is 0.468 e. The Balaban J connectivity index is 2.49. The monoisotopic (exact) mass is 114 g/mol. The molecule has 0 radical (unpaired) electrons. The molecule has 0 saturated carbocycles. The molecule has 0 fully saturated rings. The summed E-state index contributed by atoms with van der Waals surface area (Å²) in [5, 5.41) is 0. The first-order valence-corrected chi connectivity index (χ1v) is 2.64. The Bertz CT molecular complexity index is 111. The molecule has 8 heavy (non-hydrogen) atoms. The van der Waals surface area contributed by atoms with Gasteiger partial charge in [-0.25, -0.2) is 4.99 Å². The van der Waals surface area contributed by atoms with Gasteiger partial charge < -0.3 is 9.64 Å². The van der Waals surface area contributed by atoms with Crippen LogP contribution in [0.3, 0.4) is 0 Å². The van der Waals surface area contributed by atoms with Crippen molar-refractivity contribution in [3.05, 3.63) is 0 Å². The molecule has 0 aromatic heterocycles. The minimum atomic E-state index is 0.755. The number of aliphatic imine (C=N–C) groups is 1. The average molecular weight is 114 g/mol. The molecule has 1 rings (SSSR count). The first-order valence-electron chi connectivity index (χ1n) is 2.64. The van der Waals surface area contributed by atoms with Gasteiger partial charge in [0.1, 0.15) is 0 Å². The number of ether oxygens (including phenoxy) is 1. The number of amidine groups is 1. The fourth-order valence-electron chi connectivity index (χ4n) is 0.732. The molecular formula is C5H10N2O. The quantitative estimate of drug-likeness (QED) is 0.440. The lowest BCUT2D eigenvalue weighted by Gasteiger charge is -2.09. The molecule has 0 aromatic carbocycles. The second-order valence-corrected chi connectivity index (χ2v) is 1.79. The van der Waals surface area contributed by atoms with Gasteiger partial charge in [0.15, 0.2) is 0 Å². The molecule has 1 aliphatic rings. The van der Waals surface area contributed by atoms with Crippen LogP contribution in [0.2, 0.25) is 0 Å². The van der Waals surface area contributed by atoms with E-state index in [9.17, 15) is 0 Å². The van der Waals surface area contributed by atoms with E-state index in [1.54, 1.807) is 7.11 Å². The highest BCUT2D eigenvalue weighted by Gasteiger charge is 2.10. The Kier molecular flexibility index (Phi) is 1.37. The summed E-state index contributed by atoms with van der Waals surface area (Å²) < 4.78 is 4.90. The molecule has 0 aromatic rings. The molecule has 46 valence electrons. The molecule has 0 saturated heterocycles. The van der Waals surface area contributed by atoms with Crippen LogP contribution >= 0.6 is 0 Å². The van der Waals surface area contributed by atoms with Crippen LogP contribution in [0, 0.1) is 0 Å². The lowest BCUT2D eigenvalue weighted by molar-refractivity contribution is 0.331. The SMILES string of the molecule is COC1=NCCN1C. The summed E-state index contributed by atoms with van der Waals surface area (Å²) in [6.07, 6.45) is 0. The van der Waals surface area contributed by atoms with E-state index in [0.29, 0.717) is 0 Å². The Morgan fingerprint density at radius 1 is 1.75 bits per heavy atom. The van der Waals surface area contributed by atoms with Crippen LogP contribution in [0.1, 0.15) is 0 Å². The van der Waals surface area contributed by atoms with E-state index < -0.39 is 0 Å². The zero-order valence-electron chi connectivity index (χ0n) is 5.22. The summed E-state index contributed by atoms with van der Waals surface area (Å²) in [6.45, 7) is 1.86. The number of methoxy groups -OCH3 is 1. The molecule has 0 bridgehead atoms. The first kappa shape index (κ1) is 5.41. The smallest absolute Gasteiger partial charge is 0.286 e. The molecule has 0 unspecified atom stereocenters. The fraction of sp³-hybridized carbons (Fsp3) is 0.800. The van der Waals surface area contributed by atoms with Crippen molar-refractivity contribution in [3.63, 3.8) is 0 Å². The predicted octanol–water partition coefficient (Wildman–Crippen LogP) is -0.0658. The van der Waals surface area contributed by atoms with Crippen LogP contribution in [-0.2, 0) is 4.74 Å². The number of hydrogen-bond donors (Lipinski definition) is 0. The van der Waals surface area contributed by atoms with Crippen molar-refractivity contribution >= 4 is 6.02 Å². The maximum atomic E-state index is 4.90. The van der Waals surface area contributed by atoms with Gasteiger partial charge in [-0.05, 0) is 0 Å². The first-order chi connectivity index (χ1) is 3.84. The van der Waals surface area contributed by atoms with Crippen molar-refractivity contribution in [1.29, 1.82) is 0 Å². The minimum Gasteiger partial charge on any atom is -0.468 e. The molecule has 1 heterocycles. The molecule has 0 amide bonds. The second kappa shape index (κ2) is 2.03. The highest BCUT2D eigenvalue weighted by atomic mass is 16.5. The van der Waals surface area contributed by atoms with Gasteiger partial charge in [-0.1, -0.05) is 0 Å². The van der Waals surface area contributed by atoms with Crippen molar-refractivity contribution in [2.45, 2.75) is 0 Å². The topological polar surface area (TPSA) is 24.8 Å². The van der Waals surface area contributed by atoms with E-state index in [-0.39, 0.29) is 0 Å². The van der Waals surface area contributed by atoms with Crippen LogP contribution in [0.25, 0.3) is 0 Å². The molecule has 0 atom stereocenters. The maximum absolute atomic E-state index is 4.90. The molecule has 3 heteroatoms. The number of hydrogen-bond acceptors (Lipinski definition) is 3.